The number of aryl methyl sites for hydroxylation is 1. The van der Waals surface area contributed by atoms with Gasteiger partial charge in [0.2, 0.25) is 0 Å². The number of hydrogen-bond acceptors (Lipinski definition) is 4. The smallest absolute Gasteiger partial charge is 0.416 e. The second-order valence-electron chi connectivity index (χ2n) is 8.12. The molecule has 8 heteroatoms. The molecule has 0 radical (unpaired) electrons. The van der Waals surface area contributed by atoms with Gasteiger partial charge in [0.05, 0.1) is 5.56 Å². The fourth-order valence-electron chi connectivity index (χ4n) is 3.95. The van der Waals surface area contributed by atoms with Crippen LogP contribution in [0.5, 0.6) is 0 Å². The number of benzene rings is 2. The number of likely N-dealkylation sites (N-methyl/N-ethyl adjacent to an activating group) is 1. The van der Waals surface area contributed by atoms with Crippen LogP contribution in [-0.2, 0) is 6.18 Å². The van der Waals surface area contributed by atoms with E-state index in [1.807, 2.05) is 25.1 Å². The number of halogens is 3. The molecular formula is C25H26F3N3O2. The quantitative estimate of drug-likeness (QED) is 0.537. The Hall–Kier alpha value is -3.26. The minimum Gasteiger partial charge on any atom is -0.451 e. The highest BCUT2D eigenvalue weighted by Crippen LogP contribution is 2.33. The fourth-order valence-corrected chi connectivity index (χ4v) is 3.95. The monoisotopic (exact) mass is 457 g/mol. The van der Waals surface area contributed by atoms with Crippen molar-refractivity contribution in [2.75, 3.05) is 42.9 Å². The molecule has 2 aromatic carbocycles. The van der Waals surface area contributed by atoms with Crippen molar-refractivity contribution in [3.8, 4) is 11.3 Å². The number of anilines is 2. The fraction of sp³-hybridized carbons (Fsp3) is 0.320. The number of nitrogens with one attached hydrogen (secondary N) is 1. The first-order valence-corrected chi connectivity index (χ1v) is 10.9. The first-order chi connectivity index (χ1) is 15.7. The van der Waals surface area contributed by atoms with Gasteiger partial charge in [-0.2, -0.15) is 13.2 Å². The molecule has 2 heterocycles. The minimum absolute atomic E-state index is 0.0292. The van der Waals surface area contributed by atoms with Crippen LogP contribution in [0.3, 0.4) is 0 Å². The standard InChI is InChI=1S/C25H26F3N3O2/c1-3-30-11-13-31(14-12-30)20-7-8-21(17(2)15-20)29-24(32)23-10-9-22(33-23)18-5-4-6-19(16-18)25(26,27)28/h4-10,15-16H,3,11-14H2,1-2H3,(H,29,32). The summed E-state index contributed by atoms with van der Waals surface area (Å²) in [6, 6.07) is 13.7. The van der Waals surface area contributed by atoms with Crippen LogP contribution in [0.25, 0.3) is 11.3 Å². The van der Waals surface area contributed by atoms with Crippen LogP contribution in [0.1, 0.15) is 28.6 Å². The molecule has 0 unspecified atom stereocenters. The molecule has 4 rings (SSSR count). The molecule has 1 aliphatic rings. The molecular weight excluding hydrogens is 431 g/mol. The van der Waals surface area contributed by atoms with Gasteiger partial charge in [-0.15, -0.1) is 0 Å². The molecule has 0 bridgehead atoms. The van der Waals surface area contributed by atoms with Crippen molar-refractivity contribution in [3.05, 3.63) is 71.5 Å². The molecule has 1 N–H and O–H groups in total. The second kappa shape index (κ2) is 9.31. The zero-order valence-electron chi connectivity index (χ0n) is 18.6. The van der Waals surface area contributed by atoms with E-state index in [4.69, 9.17) is 4.42 Å². The number of amides is 1. The molecule has 0 saturated carbocycles. The summed E-state index contributed by atoms with van der Waals surface area (Å²) >= 11 is 0. The van der Waals surface area contributed by atoms with Gasteiger partial charge < -0.3 is 19.5 Å². The zero-order valence-corrected chi connectivity index (χ0v) is 18.6. The summed E-state index contributed by atoms with van der Waals surface area (Å²) < 4.78 is 44.5. The summed E-state index contributed by atoms with van der Waals surface area (Å²) in [5, 5.41) is 2.83. The topological polar surface area (TPSA) is 48.7 Å². The van der Waals surface area contributed by atoms with Crippen molar-refractivity contribution in [1.82, 2.24) is 4.90 Å². The summed E-state index contributed by atoms with van der Waals surface area (Å²) in [5.74, 6) is -0.230. The lowest BCUT2D eigenvalue weighted by molar-refractivity contribution is -0.137. The highest BCUT2D eigenvalue weighted by molar-refractivity contribution is 6.03. The summed E-state index contributed by atoms with van der Waals surface area (Å²) in [6.45, 7) is 9.13. The van der Waals surface area contributed by atoms with E-state index in [1.165, 1.54) is 24.3 Å². The number of hydrogen-bond donors (Lipinski definition) is 1. The minimum atomic E-state index is -4.45. The molecule has 0 spiro atoms. The molecule has 1 aromatic heterocycles. The summed E-state index contributed by atoms with van der Waals surface area (Å²) in [4.78, 5) is 17.4. The van der Waals surface area contributed by atoms with Crippen molar-refractivity contribution in [2.24, 2.45) is 0 Å². The highest BCUT2D eigenvalue weighted by atomic mass is 19.4. The van der Waals surface area contributed by atoms with Gasteiger partial charge in [-0.25, -0.2) is 0 Å². The van der Waals surface area contributed by atoms with Crippen molar-refractivity contribution >= 4 is 17.3 Å². The lowest BCUT2D eigenvalue weighted by Crippen LogP contribution is -2.46. The van der Waals surface area contributed by atoms with Gasteiger partial charge in [0.1, 0.15) is 5.76 Å². The first-order valence-electron chi connectivity index (χ1n) is 10.9. The Morgan fingerprint density at radius 1 is 1.03 bits per heavy atom. The normalized spacial score (nSPS) is 15.0. The average Bonchev–Trinajstić information content (AvgIpc) is 3.31. The van der Waals surface area contributed by atoms with Gasteiger partial charge in [0, 0.05) is 43.1 Å². The molecule has 174 valence electrons. The van der Waals surface area contributed by atoms with Crippen LogP contribution in [0, 0.1) is 6.92 Å². The third-order valence-electron chi connectivity index (χ3n) is 5.95. The molecule has 0 aliphatic carbocycles. The van der Waals surface area contributed by atoms with E-state index in [0.29, 0.717) is 5.69 Å². The third kappa shape index (κ3) is 5.22. The number of piperazine rings is 1. The first kappa shape index (κ1) is 22.9. The van der Waals surface area contributed by atoms with E-state index < -0.39 is 17.6 Å². The number of carbonyl (C=O) groups excluding carboxylic acids is 1. The Balaban J connectivity index is 1.45. The number of rotatable bonds is 5. The van der Waals surface area contributed by atoms with Gasteiger partial charge in [0.25, 0.3) is 5.91 Å². The zero-order chi connectivity index (χ0) is 23.6. The van der Waals surface area contributed by atoms with Crippen LogP contribution in [0.4, 0.5) is 24.5 Å². The predicted molar refractivity (Wildman–Crippen MR) is 123 cm³/mol. The van der Waals surface area contributed by atoms with Crippen LogP contribution in [-0.4, -0.2) is 43.5 Å². The van der Waals surface area contributed by atoms with Crippen LogP contribution in [0.15, 0.2) is 59.0 Å². The second-order valence-corrected chi connectivity index (χ2v) is 8.12. The van der Waals surface area contributed by atoms with Crippen LogP contribution >= 0.6 is 0 Å². The van der Waals surface area contributed by atoms with Crippen molar-refractivity contribution in [2.45, 2.75) is 20.0 Å². The summed E-state index contributed by atoms with van der Waals surface area (Å²) in [7, 11) is 0. The van der Waals surface area contributed by atoms with E-state index in [1.54, 1.807) is 0 Å². The molecule has 33 heavy (non-hydrogen) atoms. The molecule has 1 aliphatic heterocycles. The molecule has 5 nitrogen and oxygen atoms in total. The maximum atomic E-state index is 13.0. The number of nitrogens with zero attached hydrogens (tertiary/aromatic N) is 2. The Morgan fingerprint density at radius 3 is 2.45 bits per heavy atom. The lowest BCUT2D eigenvalue weighted by Gasteiger charge is -2.35. The molecule has 1 amide bonds. The van der Waals surface area contributed by atoms with E-state index in [2.05, 4.69) is 22.0 Å². The number of alkyl halides is 3. The van der Waals surface area contributed by atoms with E-state index in [-0.39, 0.29) is 17.1 Å². The predicted octanol–water partition coefficient (Wildman–Crippen LogP) is 5.67. The van der Waals surface area contributed by atoms with E-state index >= 15 is 0 Å². The van der Waals surface area contributed by atoms with Gasteiger partial charge in [-0.05, 0) is 61.5 Å². The molecule has 0 atom stereocenters. The van der Waals surface area contributed by atoms with E-state index in [0.717, 1.165) is 56.1 Å². The van der Waals surface area contributed by atoms with E-state index in [9.17, 15) is 18.0 Å². The Bertz CT molecular complexity index is 1130. The largest absolute Gasteiger partial charge is 0.451 e. The Kier molecular flexibility index (Phi) is 6.47. The van der Waals surface area contributed by atoms with Gasteiger partial charge in [0.15, 0.2) is 5.76 Å². The Morgan fingerprint density at radius 2 is 1.79 bits per heavy atom. The lowest BCUT2D eigenvalue weighted by atomic mass is 10.1. The molecule has 1 fully saturated rings. The third-order valence-corrected chi connectivity index (χ3v) is 5.95. The highest BCUT2D eigenvalue weighted by Gasteiger charge is 2.30. The average molecular weight is 457 g/mol. The summed E-state index contributed by atoms with van der Waals surface area (Å²) in [6.07, 6.45) is -4.45. The van der Waals surface area contributed by atoms with Crippen molar-refractivity contribution in [3.63, 3.8) is 0 Å². The number of carbonyl (C=O) groups is 1. The van der Waals surface area contributed by atoms with Crippen molar-refractivity contribution < 1.29 is 22.4 Å². The SMILES string of the molecule is CCN1CCN(c2ccc(NC(=O)c3ccc(-c4cccc(C(F)(F)F)c4)o3)c(C)c2)CC1. The molecule has 1 saturated heterocycles. The number of furan rings is 1. The maximum absolute atomic E-state index is 13.0. The van der Waals surface area contributed by atoms with Crippen molar-refractivity contribution in [1.29, 1.82) is 0 Å². The van der Waals surface area contributed by atoms with Gasteiger partial charge in [-0.1, -0.05) is 19.1 Å². The van der Waals surface area contributed by atoms with Gasteiger partial charge >= 0.3 is 6.18 Å². The van der Waals surface area contributed by atoms with Crippen LogP contribution < -0.4 is 10.2 Å². The summed E-state index contributed by atoms with van der Waals surface area (Å²) in [5.41, 5.74) is 2.18. The molecule has 3 aromatic rings. The maximum Gasteiger partial charge on any atom is 0.416 e. The van der Waals surface area contributed by atoms with Gasteiger partial charge in [-0.3, -0.25) is 4.79 Å². The van der Waals surface area contributed by atoms with Crippen LogP contribution in [0.2, 0.25) is 0 Å². The Labute approximate surface area is 190 Å².